The summed E-state index contributed by atoms with van der Waals surface area (Å²) in [5.74, 6) is -1.66. The Morgan fingerprint density at radius 3 is 2.67 bits per heavy atom. The number of benzene rings is 1. The summed E-state index contributed by atoms with van der Waals surface area (Å²) in [6.07, 6.45) is 6.35. The second-order valence-corrected chi connectivity index (χ2v) is 11.7. The van der Waals surface area contributed by atoms with Gasteiger partial charge in [0, 0.05) is 35.7 Å². The Kier molecular flexibility index (Phi) is 8.68. The summed E-state index contributed by atoms with van der Waals surface area (Å²) in [4.78, 5) is 44.7. The first-order chi connectivity index (χ1) is 17.4. The minimum atomic E-state index is -0.669. The van der Waals surface area contributed by atoms with Crippen molar-refractivity contribution in [1.29, 1.82) is 0 Å². The van der Waals surface area contributed by atoms with Crippen molar-refractivity contribution in [3.8, 4) is 0 Å². The third-order valence-electron chi connectivity index (χ3n) is 7.62. The number of halogens is 1. The van der Waals surface area contributed by atoms with Crippen LogP contribution in [-0.2, 0) is 19.1 Å². The lowest BCUT2D eigenvalue weighted by Crippen LogP contribution is -2.55. The van der Waals surface area contributed by atoms with E-state index in [0.717, 1.165) is 32.1 Å². The zero-order valence-corrected chi connectivity index (χ0v) is 22.3. The first-order valence-electron chi connectivity index (χ1n) is 12.8. The molecule has 3 fully saturated rings. The van der Waals surface area contributed by atoms with Gasteiger partial charge in [0.1, 0.15) is 6.04 Å². The lowest BCUT2D eigenvalue weighted by molar-refractivity contribution is -0.153. The summed E-state index contributed by atoms with van der Waals surface area (Å²) in [6, 6.07) is 6.42. The molecule has 1 aromatic carbocycles. The Morgan fingerprint density at radius 1 is 1.28 bits per heavy atom. The normalized spacial score (nSPS) is 28.3. The maximum atomic E-state index is 14.3. The SMILES string of the molecule is C=CCN(C(=O)C1N(CCCCCCO)C(=O)[C@@H]2[C@H](C(=O)OCC)[C@@H]3CCC12S3)c1ccc(Cl)cc1. The maximum absolute atomic E-state index is 14.3. The Bertz CT molecular complexity index is 989. The van der Waals surface area contributed by atoms with E-state index in [2.05, 4.69) is 6.58 Å². The molecule has 3 saturated heterocycles. The Labute approximate surface area is 222 Å². The Balaban J connectivity index is 1.69. The molecule has 9 heteroatoms. The van der Waals surface area contributed by atoms with Gasteiger partial charge >= 0.3 is 5.97 Å². The van der Waals surface area contributed by atoms with Gasteiger partial charge in [0.15, 0.2) is 0 Å². The zero-order chi connectivity index (χ0) is 25.9. The summed E-state index contributed by atoms with van der Waals surface area (Å²) < 4.78 is 4.74. The fraction of sp³-hybridized carbons (Fsp3) is 0.593. The van der Waals surface area contributed by atoms with Crippen molar-refractivity contribution in [1.82, 2.24) is 4.90 Å². The molecule has 0 radical (unpaired) electrons. The van der Waals surface area contributed by atoms with Crippen molar-refractivity contribution in [2.75, 3.05) is 31.2 Å². The molecular formula is C27H35ClN2O5S. The number of likely N-dealkylation sites (tertiary alicyclic amines) is 1. The minimum Gasteiger partial charge on any atom is -0.466 e. The van der Waals surface area contributed by atoms with Crippen molar-refractivity contribution in [2.45, 2.75) is 61.5 Å². The van der Waals surface area contributed by atoms with Crippen molar-refractivity contribution in [3.63, 3.8) is 0 Å². The molecular weight excluding hydrogens is 500 g/mol. The van der Waals surface area contributed by atoms with Gasteiger partial charge in [-0.3, -0.25) is 14.4 Å². The standard InChI is InChI=1S/C27H35ClN2O5S/c1-3-15-29(19-11-9-18(28)10-12-19)25(33)23-27-14-13-20(36-27)21(26(34)35-4-2)22(27)24(32)30(23)16-7-5-6-8-17-31/h3,9-12,20-23,31H,1,4-8,13-17H2,2H3/t20-,21+,22-,23?,27?/m0/s1. The molecule has 4 rings (SSSR count). The third-order valence-corrected chi connectivity index (χ3v) is 9.82. The number of hydrogen-bond donors (Lipinski definition) is 1. The summed E-state index contributed by atoms with van der Waals surface area (Å²) in [6.45, 7) is 6.77. The Hall–Kier alpha value is -2.03. The zero-order valence-electron chi connectivity index (χ0n) is 20.7. The van der Waals surface area contributed by atoms with Gasteiger partial charge < -0.3 is 19.6 Å². The number of rotatable bonds is 12. The highest BCUT2D eigenvalue weighted by atomic mass is 35.5. The molecule has 3 aliphatic heterocycles. The number of amides is 2. The van der Waals surface area contributed by atoms with E-state index in [1.54, 1.807) is 58.8 Å². The highest BCUT2D eigenvalue weighted by Gasteiger charge is 2.74. The molecule has 36 heavy (non-hydrogen) atoms. The highest BCUT2D eigenvalue weighted by Crippen LogP contribution is 2.66. The molecule has 7 nitrogen and oxygen atoms in total. The molecule has 5 atom stereocenters. The van der Waals surface area contributed by atoms with E-state index in [9.17, 15) is 14.4 Å². The van der Waals surface area contributed by atoms with Crippen LogP contribution in [0.3, 0.4) is 0 Å². The van der Waals surface area contributed by atoms with Crippen molar-refractivity contribution in [2.24, 2.45) is 11.8 Å². The number of esters is 1. The second-order valence-electron chi connectivity index (χ2n) is 9.69. The number of aliphatic hydroxyl groups is 1. The predicted molar refractivity (Wildman–Crippen MR) is 142 cm³/mol. The molecule has 196 valence electrons. The van der Waals surface area contributed by atoms with Gasteiger partial charge in [0.25, 0.3) is 5.91 Å². The molecule has 1 aromatic rings. The van der Waals surface area contributed by atoms with Crippen LogP contribution in [-0.4, -0.2) is 70.1 Å². The van der Waals surface area contributed by atoms with Gasteiger partial charge in [-0.15, -0.1) is 18.3 Å². The van der Waals surface area contributed by atoms with Crippen LogP contribution >= 0.6 is 23.4 Å². The van der Waals surface area contributed by atoms with E-state index in [-0.39, 0.29) is 36.2 Å². The first kappa shape index (κ1) is 27.0. The number of nitrogens with zero attached hydrogens (tertiary/aromatic N) is 2. The number of hydrogen-bond acceptors (Lipinski definition) is 6. The summed E-state index contributed by atoms with van der Waals surface area (Å²) in [5.41, 5.74) is 0.694. The van der Waals surface area contributed by atoms with Gasteiger partial charge in [-0.2, -0.15) is 0 Å². The number of aliphatic hydroxyl groups excluding tert-OH is 1. The highest BCUT2D eigenvalue weighted by molar-refractivity contribution is 8.02. The minimum absolute atomic E-state index is 0.0107. The summed E-state index contributed by atoms with van der Waals surface area (Å²) in [7, 11) is 0. The number of fused-ring (bicyclic) bond motifs is 1. The van der Waals surface area contributed by atoms with Crippen LogP contribution in [0.25, 0.3) is 0 Å². The molecule has 2 bridgehead atoms. The van der Waals surface area contributed by atoms with Crippen LogP contribution in [0.5, 0.6) is 0 Å². The molecule has 0 aliphatic carbocycles. The van der Waals surface area contributed by atoms with E-state index in [4.69, 9.17) is 21.4 Å². The predicted octanol–water partition coefficient (Wildman–Crippen LogP) is 4.07. The Morgan fingerprint density at radius 2 is 2.00 bits per heavy atom. The van der Waals surface area contributed by atoms with E-state index in [1.165, 1.54) is 0 Å². The van der Waals surface area contributed by atoms with Crippen LogP contribution in [0, 0.1) is 11.8 Å². The number of unbranched alkanes of at least 4 members (excludes halogenated alkanes) is 3. The largest absolute Gasteiger partial charge is 0.466 e. The average Bonchev–Trinajstić information content (AvgIpc) is 3.50. The number of thioether (sulfide) groups is 1. The lowest BCUT2D eigenvalue weighted by Gasteiger charge is -2.37. The van der Waals surface area contributed by atoms with Crippen molar-refractivity contribution in [3.05, 3.63) is 41.9 Å². The molecule has 1 spiro atoms. The molecule has 3 aliphatic rings. The first-order valence-corrected chi connectivity index (χ1v) is 14.1. The van der Waals surface area contributed by atoms with Crippen molar-refractivity contribution < 1.29 is 24.2 Å². The smallest absolute Gasteiger partial charge is 0.310 e. The van der Waals surface area contributed by atoms with Crippen LogP contribution in [0.1, 0.15) is 45.4 Å². The topological polar surface area (TPSA) is 87.2 Å². The molecule has 2 amide bonds. The monoisotopic (exact) mass is 534 g/mol. The molecule has 0 aromatic heterocycles. The second kappa shape index (κ2) is 11.6. The fourth-order valence-corrected chi connectivity index (χ4v) is 8.47. The lowest BCUT2D eigenvalue weighted by atomic mass is 9.71. The van der Waals surface area contributed by atoms with Crippen LogP contribution in [0.15, 0.2) is 36.9 Å². The summed E-state index contributed by atoms with van der Waals surface area (Å²) >= 11 is 7.74. The summed E-state index contributed by atoms with van der Waals surface area (Å²) in [5, 5.41) is 9.66. The number of anilines is 1. The quantitative estimate of drug-likeness (QED) is 0.247. The van der Waals surface area contributed by atoms with E-state index >= 15 is 0 Å². The van der Waals surface area contributed by atoms with E-state index in [0.29, 0.717) is 30.2 Å². The molecule has 3 heterocycles. The molecule has 2 unspecified atom stereocenters. The van der Waals surface area contributed by atoms with Crippen LogP contribution < -0.4 is 4.90 Å². The van der Waals surface area contributed by atoms with E-state index in [1.807, 2.05) is 0 Å². The van der Waals surface area contributed by atoms with Crippen LogP contribution in [0.4, 0.5) is 5.69 Å². The van der Waals surface area contributed by atoms with Crippen LogP contribution in [0.2, 0.25) is 5.02 Å². The van der Waals surface area contributed by atoms with E-state index < -0.39 is 22.6 Å². The van der Waals surface area contributed by atoms with Gasteiger partial charge in [-0.05, 0) is 56.9 Å². The number of carbonyl (C=O) groups is 3. The maximum Gasteiger partial charge on any atom is 0.310 e. The molecule has 1 N–H and O–H groups in total. The third kappa shape index (κ3) is 4.79. The average molecular weight is 535 g/mol. The van der Waals surface area contributed by atoms with Gasteiger partial charge in [0.05, 0.1) is 23.2 Å². The van der Waals surface area contributed by atoms with Gasteiger partial charge in [-0.1, -0.05) is 30.5 Å². The van der Waals surface area contributed by atoms with Crippen molar-refractivity contribution >= 4 is 46.8 Å². The number of carbonyl (C=O) groups excluding carboxylic acids is 3. The van der Waals surface area contributed by atoms with Gasteiger partial charge in [-0.25, -0.2) is 0 Å². The molecule has 0 saturated carbocycles. The number of ether oxygens (including phenoxy) is 1. The van der Waals surface area contributed by atoms with Gasteiger partial charge in [0.2, 0.25) is 5.91 Å². The fourth-order valence-electron chi connectivity index (χ4n) is 6.15.